The van der Waals surface area contributed by atoms with Gasteiger partial charge >= 0.3 is 0 Å². The summed E-state index contributed by atoms with van der Waals surface area (Å²) < 4.78 is 0.671. The summed E-state index contributed by atoms with van der Waals surface area (Å²) in [6, 6.07) is 0. The molecule has 2 N–H and O–H groups in total. The second-order valence-electron chi connectivity index (χ2n) is 2.52. The number of hydrogen-bond donors (Lipinski definition) is 1. The van der Waals surface area contributed by atoms with Gasteiger partial charge in [-0.2, -0.15) is 0 Å². The average Bonchev–Trinajstić information content (AvgIpc) is 2.23. The Morgan fingerprint density at radius 3 is 2.64 bits per heavy atom. The maximum absolute atomic E-state index is 5.61. The summed E-state index contributed by atoms with van der Waals surface area (Å²) >= 11 is 3.22. The van der Waals surface area contributed by atoms with Gasteiger partial charge in [0, 0.05) is 18.6 Å². The fourth-order valence-electron chi connectivity index (χ4n) is 0.918. The molecule has 2 heterocycles. The van der Waals surface area contributed by atoms with Gasteiger partial charge in [-0.05, 0) is 15.9 Å². The van der Waals surface area contributed by atoms with E-state index in [0.717, 1.165) is 0 Å². The highest BCUT2D eigenvalue weighted by Crippen LogP contribution is 2.18. The number of halogens is 1. The van der Waals surface area contributed by atoms with E-state index in [9.17, 15) is 0 Å². The maximum atomic E-state index is 5.61. The summed E-state index contributed by atoms with van der Waals surface area (Å²) in [5.74, 6) is 0.861. The van der Waals surface area contributed by atoms with E-state index >= 15 is 0 Å². The number of nitrogen functional groups attached to an aromatic ring is 1. The van der Waals surface area contributed by atoms with E-state index in [1.165, 1.54) is 0 Å². The Labute approximate surface area is 88.6 Å². The third kappa shape index (κ3) is 1.69. The first kappa shape index (κ1) is 9.01. The van der Waals surface area contributed by atoms with Crippen molar-refractivity contribution in [1.82, 2.24) is 19.9 Å². The van der Waals surface area contributed by atoms with Gasteiger partial charge in [-0.25, -0.2) is 15.0 Å². The third-order valence-electron chi connectivity index (χ3n) is 1.56. The van der Waals surface area contributed by atoms with Crippen LogP contribution in [0.2, 0.25) is 0 Å². The Hall–Kier alpha value is -1.56. The first-order valence-electron chi connectivity index (χ1n) is 3.82. The van der Waals surface area contributed by atoms with Gasteiger partial charge < -0.3 is 5.73 Å². The number of rotatable bonds is 1. The van der Waals surface area contributed by atoms with Crippen molar-refractivity contribution in [2.75, 3.05) is 5.73 Å². The van der Waals surface area contributed by atoms with Crippen LogP contribution >= 0.6 is 15.9 Å². The Morgan fingerprint density at radius 2 is 2.00 bits per heavy atom. The van der Waals surface area contributed by atoms with Crippen LogP contribution in [0.1, 0.15) is 0 Å². The number of nitrogens with two attached hydrogens (primary N) is 1. The van der Waals surface area contributed by atoms with Crippen molar-refractivity contribution >= 4 is 21.7 Å². The highest BCUT2D eigenvalue weighted by Gasteiger charge is 2.04. The first-order valence-corrected chi connectivity index (χ1v) is 4.61. The number of aromatic nitrogens is 4. The van der Waals surface area contributed by atoms with Crippen LogP contribution < -0.4 is 5.73 Å². The van der Waals surface area contributed by atoms with E-state index in [1.807, 2.05) is 0 Å². The first-order chi connectivity index (χ1) is 6.77. The number of hydrogen-bond acceptors (Lipinski definition) is 5. The molecule has 14 heavy (non-hydrogen) atoms. The van der Waals surface area contributed by atoms with Gasteiger partial charge in [0.25, 0.3) is 0 Å². The Morgan fingerprint density at radius 1 is 1.14 bits per heavy atom. The summed E-state index contributed by atoms with van der Waals surface area (Å²) in [6.45, 7) is 0. The monoisotopic (exact) mass is 251 g/mol. The molecule has 2 rings (SSSR count). The second kappa shape index (κ2) is 3.67. The average molecular weight is 252 g/mol. The van der Waals surface area contributed by atoms with E-state index in [2.05, 4.69) is 35.9 Å². The normalized spacial score (nSPS) is 10.1. The van der Waals surface area contributed by atoms with Gasteiger partial charge in [-0.15, -0.1) is 0 Å². The Bertz CT molecular complexity index is 445. The zero-order valence-electron chi connectivity index (χ0n) is 7.05. The molecule has 0 aliphatic rings. The zero-order valence-corrected chi connectivity index (χ0v) is 8.64. The molecule has 2 aromatic rings. The van der Waals surface area contributed by atoms with E-state index in [0.29, 0.717) is 21.8 Å². The van der Waals surface area contributed by atoms with E-state index < -0.39 is 0 Å². The van der Waals surface area contributed by atoms with E-state index in [1.54, 1.807) is 24.8 Å². The van der Waals surface area contributed by atoms with Crippen LogP contribution in [0.5, 0.6) is 0 Å². The molecule has 0 aliphatic heterocycles. The van der Waals surface area contributed by atoms with Gasteiger partial charge in [0.15, 0.2) is 5.82 Å². The molecule has 0 fully saturated rings. The van der Waals surface area contributed by atoms with Crippen LogP contribution in [0.4, 0.5) is 5.82 Å². The van der Waals surface area contributed by atoms with Crippen molar-refractivity contribution in [2.24, 2.45) is 0 Å². The third-order valence-corrected chi connectivity index (χ3v) is 2.17. The lowest BCUT2D eigenvalue weighted by Crippen LogP contribution is -1.97. The molecule has 0 unspecified atom stereocenters. The minimum absolute atomic E-state index is 0.389. The van der Waals surface area contributed by atoms with Crippen molar-refractivity contribution in [1.29, 1.82) is 0 Å². The molecule has 0 aromatic carbocycles. The molecular weight excluding hydrogens is 246 g/mol. The fourth-order valence-corrected chi connectivity index (χ4v) is 1.11. The lowest BCUT2D eigenvalue weighted by molar-refractivity contribution is 1.11. The lowest BCUT2D eigenvalue weighted by atomic mass is 10.4. The molecule has 0 aliphatic carbocycles. The second-order valence-corrected chi connectivity index (χ2v) is 3.37. The van der Waals surface area contributed by atoms with Crippen LogP contribution in [0.3, 0.4) is 0 Å². The van der Waals surface area contributed by atoms with Crippen LogP contribution in [0.15, 0.2) is 29.3 Å². The summed E-state index contributed by atoms with van der Waals surface area (Å²) in [6.07, 6.45) is 6.34. The van der Waals surface area contributed by atoms with Crippen molar-refractivity contribution in [3.05, 3.63) is 29.3 Å². The summed E-state index contributed by atoms with van der Waals surface area (Å²) in [4.78, 5) is 16.1. The molecule has 0 amide bonds. The minimum atomic E-state index is 0.389. The van der Waals surface area contributed by atoms with Crippen molar-refractivity contribution in [2.45, 2.75) is 0 Å². The standard InChI is InChI=1S/C8H6BrN5/c9-5-3-13-8(14-7(5)10)6-4-11-1-2-12-6/h1-4H,(H2,10,13,14). The van der Waals surface area contributed by atoms with Crippen LogP contribution in [0.25, 0.3) is 11.5 Å². The van der Waals surface area contributed by atoms with Gasteiger partial charge in [0.05, 0.1) is 10.7 Å². The zero-order chi connectivity index (χ0) is 9.97. The van der Waals surface area contributed by atoms with E-state index in [-0.39, 0.29) is 0 Å². The topological polar surface area (TPSA) is 77.6 Å². The number of anilines is 1. The van der Waals surface area contributed by atoms with Gasteiger partial charge in [-0.3, -0.25) is 4.98 Å². The fraction of sp³-hybridized carbons (Fsp3) is 0. The predicted molar refractivity (Wildman–Crippen MR) is 55.2 cm³/mol. The quantitative estimate of drug-likeness (QED) is 0.827. The van der Waals surface area contributed by atoms with Gasteiger partial charge in [0.1, 0.15) is 11.5 Å². The lowest BCUT2D eigenvalue weighted by Gasteiger charge is -2.00. The highest BCUT2D eigenvalue weighted by molar-refractivity contribution is 9.10. The van der Waals surface area contributed by atoms with Crippen molar-refractivity contribution in [3.8, 4) is 11.5 Å². The number of nitrogens with zero attached hydrogens (tertiary/aromatic N) is 4. The summed E-state index contributed by atoms with van der Waals surface area (Å²) in [5, 5.41) is 0. The van der Waals surface area contributed by atoms with Gasteiger partial charge in [0.2, 0.25) is 0 Å². The smallest absolute Gasteiger partial charge is 0.181 e. The molecule has 70 valence electrons. The molecular formula is C8H6BrN5. The van der Waals surface area contributed by atoms with Crippen LogP contribution in [-0.2, 0) is 0 Å². The molecule has 0 atom stereocenters. The molecule has 0 saturated carbocycles. The molecule has 0 spiro atoms. The summed E-state index contributed by atoms with van der Waals surface area (Å²) in [5.41, 5.74) is 6.22. The molecule has 0 saturated heterocycles. The molecule has 0 radical (unpaired) electrons. The molecule has 5 nitrogen and oxygen atoms in total. The Kier molecular flexibility index (Phi) is 2.36. The van der Waals surface area contributed by atoms with Crippen molar-refractivity contribution in [3.63, 3.8) is 0 Å². The van der Waals surface area contributed by atoms with Crippen molar-refractivity contribution < 1.29 is 0 Å². The van der Waals surface area contributed by atoms with Gasteiger partial charge in [-0.1, -0.05) is 0 Å². The molecule has 6 heteroatoms. The maximum Gasteiger partial charge on any atom is 0.181 e. The largest absolute Gasteiger partial charge is 0.383 e. The predicted octanol–water partition coefficient (Wildman–Crippen LogP) is 1.28. The van der Waals surface area contributed by atoms with Crippen LogP contribution in [-0.4, -0.2) is 19.9 Å². The minimum Gasteiger partial charge on any atom is -0.383 e. The molecule has 2 aromatic heterocycles. The van der Waals surface area contributed by atoms with Crippen LogP contribution in [0, 0.1) is 0 Å². The highest BCUT2D eigenvalue weighted by atomic mass is 79.9. The molecule has 0 bridgehead atoms. The summed E-state index contributed by atoms with van der Waals surface area (Å²) in [7, 11) is 0. The SMILES string of the molecule is Nc1nc(-c2cnccn2)ncc1Br. The van der Waals surface area contributed by atoms with E-state index in [4.69, 9.17) is 5.73 Å². The Balaban J connectivity index is 2.48.